The first kappa shape index (κ1) is 20.7. The highest BCUT2D eigenvalue weighted by molar-refractivity contribution is 9.10. The van der Waals surface area contributed by atoms with E-state index in [9.17, 15) is 14.4 Å². The molecule has 0 saturated carbocycles. The minimum atomic E-state index is -0.480. The first-order valence-corrected chi connectivity index (χ1v) is 9.06. The zero-order valence-electron chi connectivity index (χ0n) is 15.4. The summed E-state index contributed by atoms with van der Waals surface area (Å²) >= 11 is 3.31. The highest BCUT2D eigenvalue weighted by Gasteiger charge is 2.18. The molecule has 0 unspecified atom stereocenters. The second kappa shape index (κ2) is 9.36. The maximum absolute atomic E-state index is 12.2. The molecular formula is C19H21BrN2O5. The molecule has 27 heavy (non-hydrogen) atoms. The summed E-state index contributed by atoms with van der Waals surface area (Å²) in [6.45, 7) is 2.11. The highest BCUT2D eigenvalue weighted by atomic mass is 79.9. The van der Waals surface area contributed by atoms with Crippen molar-refractivity contribution in [3.63, 3.8) is 0 Å². The van der Waals surface area contributed by atoms with Crippen molar-refractivity contribution in [2.75, 3.05) is 20.7 Å². The molecule has 0 bridgehead atoms. The second-order valence-corrected chi connectivity index (χ2v) is 6.85. The first-order chi connectivity index (χ1) is 12.8. The minimum absolute atomic E-state index is 0.153. The fraction of sp³-hybridized carbons (Fsp3) is 0.316. The van der Waals surface area contributed by atoms with Crippen molar-refractivity contribution in [2.45, 2.75) is 19.9 Å². The summed E-state index contributed by atoms with van der Waals surface area (Å²) in [6.07, 6.45) is 0.155. The van der Waals surface area contributed by atoms with E-state index in [-0.39, 0.29) is 31.3 Å². The molecule has 2 amide bonds. The van der Waals surface area contributed by atoms with Crippen LogP contribution in [0.5, 0.6) is 0 Å². The molecular weight excluding hydrogens is 416 g/mol. The van der Waals surface area contributed by atoms with E-state index in [0.29, 0.717) is 22.6 Å². The molecule has 2 rings (SSSR count). The van der Waals surface area contributed by atoms with Crippen LogP contribution < -0.4 is 5.32 Å². The molecule has 0 radical (unpaired) electrons. The molecule has 144 valence electrons. The molecule has 8 heteroatoms. The zero-order valence-corrected chi connectivity index (χ0v) is 17.0. The molecule has 2 aromatic rings. The van der Waals surface area contributed by atoms with Gasteiger partial charge in [0, 0.05) is 30.0 Å². The lowest BCUT2D eigenvalue weighted by Crippen LogP contribution is -2.31. The topological polar surface area (TPSA) is 88.9 Å². The van der Waals surface area contributed by atoms with Crippen LogP contribution in [0.4, 0.5) is 0 Å². The average molecular weight is 437 g/mol. The van der Waals surface area contributed by atoms with Crippen molar-refractivity contribution in [3.8, 4) is 0 Å². The Morgan fingerprint density at radius 2 is 1.89 bits per heavy atom. The highest BCUT2D eigenvalue weighted by Crippen LogP contribution is 2.17. The Hall–Kier alpha value is -2.61. The molecule has 1 N–H and O–H groups in total. The summed E-state index contributed by atoms with van der Waals surface area (Å²) in [5, 5.41) is 2.72. The van der Waals surface area contributed by atoms with E-state index in [1.807, 2.05) is 0 Å². The van der Waals surface area contributed by atoms with Crippen molar-refractivity contribution in [2.24, 2.45) is 0 Å². The number of amides is 2. The number of nitrogens with zero attached hydrogens (tertiary/aromatic N) is 1. The summed E-state index contributed by atoms with van der Waals surface area (Å²) in [7, 11) is 2.93. The van der Waals surface area contributed by atoms with Gasteiger partial charge >= 0.3 is 5.97 Å². The van der Waals surface area contributed by atoms with Gasteiger partial charge in [0.2, 0.25) is 5.91 Å². The first-order valence-electron chi connectivity index (χ1n) is 8.27. The fourth-order valence-corrected chi connectivity index (χ4v) is 2.70. The van der Waals surface area contributed by atoms with Crippen LogP contribution in [0.25, 0.3) is 0 Å². The van der Waals surface area contributed by atoms with Crippen LogP contribution in [0.2, 0.25) is 0 Å². The van der Waals surface area contributed by atoms with Crippen LogP contribution in [-0.4, -0.2) is 43.4 Å². The maximum Gasteiger partial charge on any atom is 0.341 e. The number of carbonyl (C=O) groups excluding carboxylic acids is 3. The van der Waals surface area contributed by atoms with Crippen LogP contribution in [0.15, 0.2) is 39.2 Å². The van der Waals surface area contributed by atoms with Crippen molar-refractivity contribution in [1.82, 2.24) is 10.2 Å². The number of rotatable bonds is 7. The van der Waals surface area contributed by atoms with Gasteiger partial charge in [-0.2, -0.15) is 0 Å². The Morgan fingerprint density at radius 3 is 2.52 bits per heavy atom. The van der Waals surface area contributed by atoms with Crippen LogP contribution in [0.1, 0.15) is 38.7 Å². The van der Waals surface area contributed by atoms with Gasteiger partial charge in [-0.3, -0.25) is 9.59 Å². The number of hydrogen-bond donors (Lipinski definition) is 1. The van der Waals surface area contributed by atoms with E-state index in [1.54, 1.807) is 44.3 Å². The number of benzene rings is 1. The fourth-order valence-electron chi connectivity index (χ4n) is 2.43. The van der Waals surface area contributed by atoms with Crippen LogP contribution in [0.3, 0.4) is 0 Å². The molecule has 0 spiro atoms. The zero-order chi connectivity index (χ0) is 20.0. The number of halogens is 1. The van der Waals surface area contributed by atoms with Gasteiger partial charge in [-0.25, -0.2) is 4.79 Å². The second-order valence-electron chi connectivity index (χ2n) is 5.94. The molecule has 0 aliphatic heterocycles. The van der Waals surface area contributed by atoms with Crippen molar-refractivity contribution in [1.29, 1.82) is 0 Å². The number of nitrogens with one attached hydrogen (secondary N) is 1. The van der Waals surface area contributed by atoms with Gasteiger partial charge in [0.25, 0.3) is 5.91 Å². The number of hydrogen-bond acceptors (Lipinski definition) is 5. The molecule has 0 aliphatic rings. The third kappa shape index (κ3) is 5.68. The summed E-state index contributed by atoms with van der Waals surface area (Å²) < 4.78 is 11.1. The predicted molar refractivity (Wildman–Crippen MR) is 102 cm³/mol. The van der Waals surface area contributed by atoms with Gasteiger partial charge in [-0.05, 0) is 37.3 Å². The smallest absolute Gasteiger partial charge is 0.341 e. The van der Waals surface area contributed by atoms with E-state index in [4.69, 9.17) is 4.42 Å². The Morgan fingerprint density at radius 1 is 1.22 bits per heavy atom. The van der Waals surface area contributed by atoms with E-state index < -0.39 is 5.97 Å². The lowest BCUT2D eigenvalue weighted by Gasteiger charge is -2.16. The Bertz CT molecular complexity index is 829. The van der Waals surface area contributed by atoms with Crippen LogP contribution in [0, 0.1) is 6.92 Å². The molecule has 0 atom stereocenters. The number of esters is 1. The third-order valence-corrected chi connectivity index (χ3v) is 4.45. The lowest BCUT2D eigenvalue weighted by molar-refractivity contribution is -0.130. The molecule has 0 aliphatic carbocycles. The monoisotopic (exact) mass is 436 g/mol. The van der Waals surface area contributed by atoms with Crippen molar-refractivity contribution >= 4 is 33.7 Å². The van der Waals surface area contributed by atoms with Gasteiger partial charge in [-0.1, -0.05) is 15.9 Å². The summed E-state index contributed by atoms with van der Waals surface area (Å²) in [5.41, 5.74) is 0.871. The Balaban J connectivity index is 1.82. The van der Waals surface area contributed by atoms with E-state index in [0.717, 1.165) is 4.47 Å². The lowest BCUT2D eigenvalue weighted by atomic mass is 10.2. The number of furan rings is 1. The molecule has 1 aromatic carbocycles. The summed E-state index contributed by atoms with van der Waals surface area (Å²) in [5.74, 6) is 0.0661. The summed E-state index contributed by atoms with van der Waals surface area (Å²) in [6, 6.07) is 8.53. The van der Waals surface area contributed by atoms with E-state index in [2.05, 4.69) is 26.0 Å². The van der Waals surface area contributed by atoms with Crippen molar-refractivity contribution < 1.29 is 23.5 Å². The third-order valence-electron chi connectivity index (χ3n) is 3.92. The number of methoxy groups -OCH3 is 1. The van der Waals surface area contributed by atoms with Crippen LogP contribution >= 0.6 is 15.9 Å². The minimum Gasteiger partial charge on any atom is -0.465 e. The van der Waals surface area contributed by atoms with E-state index >= 15 is 0 Å². The Kier molecular flexibility index (Phi) is 7.18. The van der Waals surface area contributed by atoms with Gasteiger partial charge in [-0.15, -0.1) is 0 Å². The Labute approximate surface area is 165 Å². The molecule has 1 aromatic heterocycles. The molecule has 0 fully saturated rings. The quantitative estimate of drug-likeness (QED) is 0.673. The average Bonchev–Trinajstić information content (AvgIpc) is 3.01. The maximum atomic E-state index is 12.2. The standard InChI is InChI=1S/C19H21BrN2O5/c1-12-16(19(25)26-3)10-15(27-12)11-22(2)17(23)8-9-21-18(24)13-4-6-14(20)7-5-13/h4-7,10H,8-9,11H2,1-3H3,(H,21,24). The molecule has 0 saturated heterocycles. The summed E-state index contributed by atoms with van der Waals surface area (Å²) in [4.78, 5) is 37.3. The van der Waals surface area contributed by atoms with Gasteiger partial charge in [0.15, 0.2) is 0 Å². The number of ether oxygens (including phenoxy) is 1. The van der Waals surface area contributed by atoms with Gasteiger partial charge < -0.3 is 19.4 Å². The number of aryl methyl sites for hydroxylation is 1. The van der Waals surface area contributed by atoms with Gasteiger partial charge in [0.1, 0.15) is 17.1 Å². The molecule has 7 nitrogen and oxygen atoms in total. The largest absolute Gasteiger partial charge is 0.465 e. The predicted octanol–water partition coefficient (Wildman–Crippen LogP) is 2.92. The molecule has 1 heterocycles. The SMILES string of the molecule is COC(=O)c1cc(CN(C)C(=O)CCNC(=O)c2ccc(Br)cc2)oc1C. The van der Waals surface area contributed by atoms with Crippen LogP contribution in [-0.2, 0) is 16.1 Å². The number of carbonyl (C=O) groups is 3. The van der Waals surface area contributed by atoms with Crippen molar-refractivity contribution in [3.05, 3.63) is 57.5 Å². The normalized spacial score (nSPS) is 10.4. The van der Waals surface area contributed by atoms with E-state index in [1.165, 1.54) is 12.0 Å². The van der Waals surface area contributed by atoms with Gasteiger partial charge in [0.05, 0.1) is 13.7 Å².